The van der Waals surface area contributed by atoms with Crippen LogP contribution in [0.1, 0.15) is 0 Å². The molecule has 0 radical (unpaired) electrons. The van der Waals surface area contributed by atoms with Crippen LogP contribution < -0.4 is 5.32 Å². The fraction of sp³-hybridized carbons (Fsp3) is 0.300. The topological polar surface area (TPSA) is 81.1 Å². The third-order valence-electron chi connectivity index (χ3n) is 1.79. The molecule has 0 heterocycles. The van der Waals surface area contributed by atoms with Crippen molar-refractivity contribution in [3.8, 4) is 0 Å². The number of hydrogen-bond donors (Lipinski definition) is 1. The lowest BCUT2D eigenvalue weighted by Crippen LogP contribution is -2.27. The van der Waals surface area contributed by atoms with E-state index in [4.69, 9.17) is 5.53 Å². The summed E-state index contributed by atoms with van der Waals surface area (Å²) in [6.45, 7) is 0.282. The summed E-state index contributed by atoms with van der Waals surface area (Å²) in [6.07, 6.45) is 0. The summed E-state index contributed by atoms with van der Waals surface area (Å²) in [6, 6.07) is 6.84. The van der Waals surface area contributed by atoms with Crippen LogP contribution in [0.3, 0.4) is 0 Å². The monoisotopic (exact) mass is 219 g/mol. The summed E-state index contributed by atoms with van der Waals surface area (Å²) >= 11 is 0. The summed E-state index contributed by atoms with van der Waals surface area (Å²) in [5.74, 6) is -0.148. The zero-order chi connectivity index (χ0) is 12.0. The van der Waals surface area contributed by atoms with Crippen LogP contribution in [0.25, 0.3) is 10.4 Å². The molecule has 1 aromatic rings. The minimum atomic E-state index is -0.148. The number of para-hydroxylation sites is 1. The fourth-order valence-electron chi connectivity index (χ4n) is 1.19. The molecular formula is C10H13N5O. The first-order chi connectivity index (χ1) is 7.63. The number of carbonyl (C=O) groups is 1. The Kier molecular flexibility index (Phi) is 4.32. The minimum Gasteiger partial charge on any atom is -0.325 e. The van der Waals surface area contributed by atoms with Crippen LogP contribution in [-0.2, 0) is 4.79 Å². The van der Waals surface area contributed by atoms with Crippen molar-refractivity contribution in [1.29, 1.82) is 0 Å². The van der Waals surface area contributed by atoms with Gasteiger partial charge in [0.25, 0.3) is 0 Å². The lowest BCUT2D eigenvalue weighted by atomic mass is 10.2. The second-order valence-corrected chi connectivity index (χ2v) is 3.49. The molecule has 0 bridgehead atoms. The highest BCUT2D eigenvalue weighted by Crippen LogP contribution is 2.24. The van der Waals surface area contributed by atoms with Gasteiger partial charge in [0.05, 0.1) is 17.9 Å². The lowest BCUT2D eigenvalue weighted by molar-refractivity contribution is -0.116. The van der Waals surface area contributed by atoms with E-state index in [1.807, 2.05) is 0 Å². The standard InChI is InChI=1S/C10H13N5O/c1-15(2)7-10(16)12-8-5-3-4-6-9(8)13-14-11/h3-6H,7H2,1-2H3,(H,12,16). The maximum absolute atomic E-state index is 11.5. The second-order valence-electron chi connectivity index (χ2n) is 3.49. The molecule has 0 fully saturated rings. The van der Waals surface area contributed by atoms with Gasteiger partial charge in [-0.05, 0) is 25.7 Å². The molecule has 1 N–H and O–H groups in total. The first kappa shape index (κ1) is 12.0. The van der Waals surface area contributed by atoms with Gasteiger partial charge < -0.3 is 10.2 Å². The number of anilines is 1. The number of nitrogens with zero attached hydrogens (tertiary/aromatic N) is 4. The van der Waals surface area contributed by atoms with E-state index < -0.39 is 0 Å². The summed E-state index contributed by atoms with van der Waals surface area (Å²) in [5, 5.41) is 6.17. The van der Waals surface area contributed by atoms with Gasteiger partial charge in [-0.2, -0.15) is 0 Å². The molecule has 6 heteroatoms. The van der Waals surface area contributed by atoms with E-state index in [9.17, 15) is 4.79 Å². The number of nitrogens with one attached hydrogen (secondary N) is 1. The average Bonchev–Trinajstić information content (AvgIpc) is 2.20. The van der Waals surface area contributed by atoms with Gasteiger partial charge in [-0.15, -0.1) is 0 Å². The van der Waals surface area contributed by atoms with Crippen molar-refractivity contribution in [3.05, 3.63) is 34.7 Å². The van der Waals surface area contributed by atoms with Crippen molar-refractivity contribution in [2.75, 3.05) is 26.0 Å². The molecule has 1 amide bonds. The van der Waals surface area contributed by atoms with Gasteiger partial charge in [0.15, 0.2) is 0 Å². The zero-order valence-electron chi connectivity index (χ0n) is 9.21. The van der Waals surface area contributed by atoms with Crippen LogP contribution in [0.2, 0.25) is 0 Å². The van der Waals surface area contributed by atoms with E-state index >= 15 is 0 Å². The number of amides is 1. The Hall–Kier alpha value is -2.04. The Morgan fingerprint density at radius 1 is 1.50 bits per heavy atom. The lowest BCUT2D eigenvalue weighted by Gasteiger charge is -2.11. The van der Waals surface area contributed by atoms with Crippen molar-refractivity contribution in [1.82, 2.24) is 4.90 Å². The van der Waals surface area contributed by atoms with Crippen molar-refractivity contribution in [2.45, 2.75) is 0 Å². The number of benzene rings is 1. The number of azide groups is 1. The Balaban J connectivity index is 2.80. The summed E-state index contributed by atoms with van der Waals surface area (Å²) in [5.41, 5.74) is 9.30. The van der Waals surface area contributed by atoms with Crippen LogP contribution >= 0.6 is 0 Å². The second kappa shape index (κ2) is 5.75. The number of likely N-dealkylation sites (N-methyl/N-ethyl adjacent to an activating group) is 1. The first-order valence-corrected chi connectivity index (χ1v) is 4.72. The molecule has 0 aromatic heterocycles. The van der Waals surface area contributed by atoms with Gasteiger partial charge in [0.1, 0.15) is 0 Å². The molecule has 0 saturated heterocycles. The molecule has 0 unspecified atom stereocenters. The predicted molar refractivity (Wildman–Crippen MR) is 62.4 cm³/mol. The van der Waals surface area contributed by atoms with Crippen molar-refractivity contribution in [2.24, 2.45) is 5.11 Å². The van der Waals surface area contributed by atoms with E-state index in [2.05, 4.69) is 15.3 Å². The molecule has 0 spiro atoms. The molecule has 1 rings (SSSR count). The number of carbonyl (C=O) groups excluding carboxylic acids is 1. The largest absolute Gasteiger partial charge is 0.325 e. The van der Waals surface area contributed by atoms with E-state index in [1.165, 1.54) is 0 Å². The van der Waals surface area contributed by atoms with Gasteiger partial charge in [0, 0.05) is 4.91 Å². The predicted octanol–water partition coefficient (Wildman–Crippen LogP) is 2.13. The van der Waals surface area contributed by atoms with Gasteiger partial charge in [-0.1, -0.05) is 23.3 Å². The van der Waals surface area contributed by atoms with Crippen LogP contribution in [0.5, 0.6) is 0 Å². The zero-order valence-corrected chi connectivity index (χ0v) is 9.21. The van der Waals surface area contributed by atoms with Crippen LogP contribution in [0, 0.1) is 0 Å². The molecule has 1 aromatic carbocycles. The maximum Gasteiger partial charge on any atom is 0.238 e. The van der Waals surface area contributed by atoms with Gasteiger partial charge in [-0.3, -0.25) is 4.79 Å². The average molecular weight is 219 g/mol. The van der Waals surface area contributed by atoms with Crippen LogP contribution in [0.4, 0.5) is 11.4 Å². The SMILES string of the molecule is CN(C)CC(=O)Nc1ccccc1N=[N+]=[N-]. The third-order valence-corrected chi connectivity index (χ3v) is 1.79. The highest BCUT2D eigenvalue weighted by molar-refractivity contribution is 5.94. The number of hydrogen-bond acceptors (Lipinski definition) is 3. The normalized spacial score (nSPS) is 9.69. The quantitative estimate of drug-likeness (QED) is 0.478. The molecule has 6 nitrogen and oxygen atoms in total. The summed E-state index contributed by atoms with van der Waals surface area (Å²) in [7, 11) is 3.61. The molecule has 0 atom stereocenters. The molecule has 0 saturated carbocycles. The number of rotatable bonds is 4. The summed E-state index contributed by atoms with van der Waals surface area (Å²) in [4.78, 5) is 15.9. The van der Waals surface area contributed by atoms with Crippen molar-refractivity contribution < 1.29 is 4.79 Å². The van der Waals surface area contributed by atoms with Crippen molar-refractivity contribution in [3.63, 3.8) is 0 Å². The smallest absolute Gasteiger partial charge is 0.238 e. The molecule has 0 aliphatic heterocycles. The molecular weight excluding hydrogens is 206 g/mol. The van der Waals surface area contributed by atoms with Crippen LogP contribution in [0.15, 0.2) is 29.4 Å². The molecule has 84 valence electrons. The fourth-order valence-corrected chi connectivity index (χ4v) is 1.19. The molecule has 0 aliphatic rings. The van der Waals surface area contributed by atoms with Gasteiger partial charge >= 0.3 is 0 Å². The Morgan fingerprint density at radius 2 is 2.19 bits per heavy atom. The minimum absolute atomic E-state index is 0.148. The van der Waals surface area contributed by atoms with E-state index in [0.29, 0.717) is 11.4 Å². The van der Waals surface area contributed by atoms with Crippen LogP contribution in [-0.4, -0.2) is 31.4 Å². The summed E-state index contributed by atoms with van der Waals surface area (Å²) < 4.78 is 0. The van der Waals surface area contributed by atoms with E-state index in [-0.39, 0.29) is 12.5 Å². The highest BCUT2D eigenvalue weighted by atomic mass is 16.2. The first-order valence-electron chi connectivity index (χ1n) is 4.72. The Morgan fingerprint density at radius 3 is 2.81 bits per heavy atom. The molecule has 0 aliphatic carbocycles. The van der Waals surface area contributed by atoms with E-state index in [0.717, 1.165) is 0 Å². The molecule has 16 heavy (non-hydrogen) atoms. The van der Waals surface area contributed by atoms with E-state index in [1.54, 1.807) is 43.3 Å². The Bertz CT molecular complexity index is 423. The third kappa shape index (κ3) is 3.61. The van der Waals surface area contributed by atoms with Gasteiger partial charge in [0.2, 0.25) is 5.91 Å². The highest BCUT2D eigenvalue weighted by Gasteiger charge is 2.05. The van der Waals surface area contributed by atoms with Crippen molar-refractivity contribution >= 4 is 17.3 Å². The maximum atomic E-state index is 11.5. The Labute approximate surface area is 93.5 Å². The van der Waals surface area contributed by atoms with Gasteiger partial charge in [-0.25, -0.2) is 0 Å².